The van der Waals surface area contributed by atoms with Crippen molar-refractivity contribution in [3.05, 3.63) is 0 Å². The first-order chi connectivity index (χ1) is 8.06. The monoisotopic (exact) mass is 244 g/mol. The highest BCUT2D eigenvalue weighted by Crippen LogP contribution is 1.98. The molecule has 0 radical (unpaired) electrons. The fourth-order valence-corrected chi connectivity index (χ4v) is 1.69. The molecule has 0 aromatic rings. The summed E-state index contributed by atoms with van der Waals surface area (Å²) in [6, 6.07) is -0.537. The zero-order chi connectivity index (χ0) is 13.3. The van der Waals surface area contributed by atoms with Gasteiger partial charge in [-0.1, -0.05) is 13.3 Å². The highest BCUT2D eigenvalue weighted by molar-refractivity contribution is 5.76. The van der Waals surface area contributed by atoms with E-state index in [1.54, 1.807) is 4.90 Å². The molecule has 0 aliphatic carbocycles. The summed E-state index contributed by atoms with van der Waals surface area (Å²) in [6.45, 7) is 7.64. The van der Waals surface area contributed by atoms with Gasteiger partial charge in [0.05, 0.1) is 0 Å². The lowest BCUT2D eigenvalue weighted by atomic mass is 10.1. The predicted molar refractivity (Wildman–Crippen MR) is 66.9 cm³/mol. The average Bonchev–Trinajstić information content (AvgIpc) is 2.29. The fraction of sp³-hybridized carbons (Fsp3) is 0.833. The van der Waals surface area contributed by atoms with Crippen LogP contribution in [0.2, 0.25) is 0 Å². The summed E-state index contributed by atoms with van der Waals surface area (Å²) in [7, 11) is 0. The lowest BCUT2D eigenvalue weighted by Crippen LogP contribution is -2.39. The number of hydrogen-bond acceptors (Lipinski definition) is 3. The number of hydrogen-bond donors (Lipinski definition) is 2. The molecule has 0 spiro atoms. The summed E-state index contributed by atoms with van der Waals surface area (Å²) in [4.78, 5) is 24.3. The van der Waals surface area contributed by atoms with Gasteiger partial charge >= 0.3 is 5.97 Å². The van der Waals surface area contributed by atoms with Crippen molar-refractivity contribution in [2.24, 2.45) is 0 Å². The summed E-state index contributed by atoms with van der Waals surface area (Å²) < 4.78 is 0. The Morgan fingerprint density at radius 2 is 1.82 bits per heavy atom. The SMILES string of the molecule is CCCC(NCCC(=O)N(CC)CC)C(=O)O. The Hall–Kier alpha value is -1.10. The maximum Gasteiger partial charge on any atom is 0.320 e. The molecule has 17 heavy (non-hydrogen) atoms. The second-order valence-electron chi connectivity index (χ2n) is 3.95. The molecule has 1 amide bonds. The van der Waals surface area contributed by atoms with Crippen molar-refractivity contribution in [2.75, 3.05) is 19.6 Å². The lowest BCUT2D eigenvalue weighted by molar-refractivity contribution is -0.140. The Labute approximate surface area is 103 Å². The topological polar surface area (TPSA) is 69.6 Å². The first-order valence-electron chi connectivity index (χ1n) is 6.30. The van der Waals surface area contributed by atoms with E-state index < -0.39 is 12.0 Å². The maximum absolute atomic E-state index is 11.7. The molecule has 0 saturated carbocycles. The Morgan fingerprint density at radius 3 is 2.24 bits per heavy atom. The number of nitrogens with zero attached hydrogens (tertiary/aromatic N) is 1. The van der Waals surface area contributed by atoms with E-state index >= 15 is 0 Å². The molecule has 0 bridgehead atoms. The summed E-state index contributed by atoms with van der Waals surface area (Å²) >= 11 is 0. The zero-order valence-electron chi connectivity index (χ0n) is 11.0. The minimum absolute atomic E-state index is 0.0723. The van der Waals surface area contributed by atoms with Gasteiger partial charge in [-0.05, 0) is 20.3 Å². The quantitative estimate of drug-likeness (QED) is 0.637. The normalized spacial score (nSPS) is 12.2. The third kappa shape index (κ3) is 6.26. The Kier molecular flexibility index (Phi) is 8.40. The summed E-state index contributed by atoms with van der Waals surface area (Å²) in [5.41, 5.74) is 0. The van der Waals surface area contributed by atoms with Crippen LogP contribution in [-0.4, -0.2) is 47.6 Å². The molecular weight excluding hydrogens is 220 g/mol. The first-order valence-corrected chi connectivity index (χ1v) is 6.30. The maximum atomic E-state index is 11.7. The fourth-order valence-electron chi connectivity index (χ4n) is 1.69. The van der Waals surface area contributed by atoms with Crippen LogP contribution in [0.1, 0.15) is 40.0 Å². The van der Waals surface area contributed by atoms with E-state index in [9.17, 15) is 9.59 Å². The smallest absolute Gasteiger partial charge is 0.320 e. The van der Waals surface area contributed by atoms with Gasteiger partial charge in [-0.15, -0.1) is 0 Å². The molecule has 5 nitrogen and oxygen atoms in total. The minimum atomic E-state index is -0.845. The Balaban J connectivity index is 3.95. The molecule has 5 heteroatoms. The van der Waals surface area contributed by atoms with Crippen LogP contribution in [0.25, 0.3) is 0 Å². The molecule has 0 aromatic heterocycles. The third-order valence-electron chi connectivity index (χ3n) is 2.72. The predicted octanol–water partition coefficient (Wildman–Crippen LogP) is 1.09. The highest BCUT2D eigenvalue weighted by Gasteiger charge is 2.16. The van der Waals surface area contributed by atoms with Crippen LogP contribution >= 0.6 is 0 Å². The van der Waals surface area contributed by atoms with Crippen molar-refractivity contribution in [1.29, 1.82) is 0 Å². The van der Waals surface area contributed by atoms with E-state index in [1.807, 2.05) is 20.8 Å². The van der Waals surface area contributed by atoms with Crippen molar-refractivity contribution >= 4 is 11.9 Å². The molecule has 0 aromatic carbocycles. The third-order valence-corrected chi connectivity index (χ3v) is 2.72. The number of aliphatic carboxylic acids is 1. The Morgan fingerprint density at radius 1 is 1.24 bits per heavy atom. The van der Waals surface area contributed by atoms with Crippen LogP contribution in [0, 0.1) is 0 Å². The van der Waals surface area contributed by atoms with Gasteiger partial charge in [0.2, 0.25) is 5.91 Å². The first kappa shape index (κ1) is 15.9. The molecule has 1 unspecified atom stereocenters. The Bertz CT molecular complexity index is 240. The van der Waals surface area contributed by atoms with E-state index in [2.05, 4.69) is 5.32 Å². The molecule has 0 fully saturated rings. The molecular formula is C12H24N2O3. The standard InChI is InChI=1S/C12H24N2O3/c1-4-7-10(12(16)17)13-9-8-11(15)14(5-2)6-3/h10,13H,4-9H2,1-3H3,(H,16,17). The second-order valence-corrected chi connectivity index (χ2v) is 3.95. The van der Waals surface area contributed by atoms with E-state index in [-0.39, 0.29) is 5.91 Å². The molecule has 1 atom stereocenters. The number of rotatable bonds is 9. The molecule has 0 aliphatic rings. The van der Waals surface area contributed by atoms with E-state index in [0.29, 0.717) is 32.5 Å². The van der Waals surface area contributed by atoms with Gasteiger partial charge in [-0.2, -0.15) is 0 Å². The largest absolute Gasteiger partial charge is 0.480 e. The average molecular weight is 244 g/mol. The summed E-state index contributed by atoms with van der Waals surface area (Å²) in [5, 5.41) is 11.8. The van der Waals surface area contributed by atoms with Gasteiger partial charge in [0.25, 0.3) is 0 Å². The van der Waals surface area contributed by atoms with Gasteiger partial charge in [0.15, 0.2) is 0 Å². The number of carboxylic acids is 1. The van der Waals surface area contributed by atoms with Crippen LogP contribution in [0.5, 0.6) is 0 Å². The number of amides is 1. The molecule has 2 N–H and O–H groups in total. The van der Waals surface area contributed by atoms with Gasteiger partial charge in [-0.3, -0.25) is 9.59 Å². The zero-order valence-corrected chi connectivity index (χ0v) is 11.0. The molecule has 0 rings (SSSR count). The van der Waals surface area contributed by atoms with Crippen LogP contribution in [0.3, 0.4) is 0 Å². The van der Waals surface area contributed by atoms with E-state index in [0.717, 1.165) is 6.42 Å². The van der Waals surface area contributed by atoms with Gasteiger partial charge in [-0.25, -0.2) is 0 Å². The van der Waals surface area contributed by atoms with Crippen molar-refractivity contribution in [2.45, 2.75) is 46.1 Å². The summed E-state index contributed by atoms with van der Waals surface area (Å²) in [6.07, 6.45) is 1.76. The van der Waals surface area contributed by atoms with Crippen LogP contribution in [-0.2, 0) is 9.59 Å². The van der Waals surface area contributed by atoms with Crippen molar-refractivity contribution in [3.8, 4) is 0 Å². The van der Waals surface area contributed by atoms with Gasteiger partial charge in [0, 0.05) is 26.1 Å². The number of carbonyl (C=O) groups is 2. The van der Waals surface area contributed by atoms with Crippen molar-refractivity contribution in [3.63, 3.8) is 0 Å². The van der Waals surface area contributed by atoms with E-state index in [1.165, 1.54) is 0 Å². The van der Waals surface area contributed by atoms with Crippen molar-refractivity contribution < 1.29 is 14.7 Å². The molecule has 100 valence electrons. The van der Waals surface area contributed by atoms with Crippen LogP contribution in [0.15, 0.2) is 0 Å². The molecule has 0 aliphatic heterocycles. The molecule has 0 heterocycles. The molecule has 0 saturated heterocycles. The number of carboxylic acid groups (broad SMARTS) is 1. The number of carbonyl (C=O) groups excluding carboxylic acids is 1. The van der Waals surface area contributed by atoms with E-state index in [4.69, 9.17) is 5.11 Å². The second kappa shape index (κ2) is 8.98. The lowest BCUT2D eigenvalue weighted by Gasteiger charge is -2.19. The van der Waals surface area contributed by atoms with Gasteiger partial charge in [0.1, 0.15) is 6.04 Å². The van der Waals surface area contributed by atoms with Crippen LogP contribution < -0.4 is 5.32 Å². The van der Waals surface area contributed by atoms with Crippen molar-refractivity contribution in [1.82, 2.24) is 10.2 Å². The number of nitrogens with one attached hydrogen (secondary N) is 1. The summed E-state index contributed by atoms with van der Waals surface area (Å²) in [5.74, 6) is -0.773. The highest BCUT2D eigenvalue weighted by atomic mass is 16.4. The van der Waals surface area contributed by atoms with Crippen LogP contribution in [0.4, 0.5) is 0 Å². The van der Waals surface area contributed by atoms with Gasteiger partial charge < -0.3 is 15.3 Å². The minimum Gasteiger partial charge on any atom is -0.480 e.